The molecule has 0 aliphatic heterocycles. The number of aryl methyl sites for hydroxylation is 2. The van der Waals surface area contributed by atoms with E-state index in [-0.39, 0.29) is 5.75 Å². The monoisotopic (exact) mass is 400 g/mol. The van der Waals surface area contributed by atoms with Gasteiger partial charge < -0.3 is 15.3 Å². The third-order valence-corrected chi connectivity index (χ3v) is 4.38. The number of alkyl halides is 3. The van der Waals surface area contributed by atoms with Crippen LogP contribution in [0.15, 0.2) is 65.1 Å². The average Bonchev–Trinajstić information content (AvgIpc) is 3.12. The summed E-state index contributed by atoms with van der Waals surface area (Å²) < 4.78 is 43.1. The van der Waals surface area contributed by atoms with E-state index in [4.69, 9.17) is 15.3 Å². The van der Waals surface area contributed by atoms with Gasteiger partial charge in [0.1, 0.15) is 11.3 Å². The summed E-state index contributed by atoms with van der Waals surface area (Å²) in [6.07, 6.45) is -4.34. The Kier molecular flexibility index (Phi) is 5.50. The van der Waals surface area contributed by atoms with Crippen molar-refractivity contribution in [1.82, 2.24) is 4.98 Å². The van der Waals surface area contributed by atoms with Gasteiger partial charge in [-0.15, -0.1) is 0 Å². The summed E-state index contributed by atoms with van der Waals surface area (Å²) in [6, 6.07) is 15.5. The summed E-state index contributed by atoms with van der Waals surface area (Å²) in [5.74, 6) is 0.484. The molecule has 7 heteroatoms. The molecule has 0 spiro atoms. The number of hydrogen-bond acceptors (Lipinski definition) is 4. The SMILES string of the molecule is Cc1cccc(O)c1N.Cc1cccc2oc(-c3ccc(C(F)(F)F)cc3)nc12. The van der Waals surface area contributed by atoms with Crippen molar-refractivity contribution >= 4 is 16.8 Å². The quantitative estimate of drug-likeness (QED) is 0.299. The van der Waals surface area contributed by atoms with Crippen molar-refractivity contribution in [1.29, 1.82) is 0 Å². The Bertz CT molecular complexity index is 1110. The normalized spacial score (nSPS) is 11.2. The van der Waals surface area contributed by atoms with E-state index < -0.39 is 11.7 Å². The summed E-state index contributed by atoms with van der Waals surface area (Å²) in [4.78, 5) is 4.33. The number of nitrogen functional groups attached to an aromatic ring is 1. The van der Waals surface area contributed by atoms with Crippen LogP contribution in [-0.2, 0) is 6.18 Å². The Morgan fingerprint density at radius 2 is 1.52 bits per heavy atom. The molecule has 0 aliphatic carbocycles. The van der Waals surface area contributed by atoms with Crippen LogP contribution in [0.3, 0.4) is 0 Å². The van der Waals surface area contributed by atoms with E-state index >= 15 is 0 Å². The third kappa shape index (κ3) is 4.51. The van der Waals surface area contributed by atoms with E-state index in [1.807, 2.05) is 32.0 Å². The van der Waals surface area contributed by atoms with Crippen LogP contribution < -0.4 is 5.73 Å². The molecular weight excluding hydrogens is 381 g/mol. The number of rotatable bonds is 1. The van der Waals surface area contributed by atoms with E-state index in [0.717, 1.165) is 28.8 Å². The van der Waals surface area contributed by atoms with Crippen LogP contribution in [-0.4, -0.2) is 10.1 Å². The topological polar surface area (TPSA) is 72.3 Å². The Morgan fingerprint density at radius 3 is 2.07 bits per heavy atom. The number of anilines is 1. The maximum Gasteiger partial charge on any atom is 0.416 e. The molecule has 150 valence electrons. The molecule has 29 heavy (non-hydrogen) atoms. The zero-order valence-electron chi connectivity index (χ0n) is 15.8. The molecule has 0 atom stereocenters. The molecule has 0 amide bonds. The van der Waals surface area contributed by atoms with Gasteiger partial charge in [-0.25, -0.2) is 4.98 Å². The molecule has 0 saturated carbocycles. The van der Waals surface area contributed by atoms with Crippen molar-refractivity contribution in [3.63, 3.8) is 0 Å². The molecule has 1 aromatic heterocycles. The van der Waals surface area contributed by atoms with Crippen LogP contribution in [0.1, 0.15) is 16.7 Å². The standard InChI is InChI=1S/C15H10F3NO.C7H9NO/c1-9-3-2-4-12-13(9)19-14(20-12)10-5-7-11(8-6-10)15(16,17)18;1-5-3-2-4-6(9)7(5)8/h2-8H,1H3;2-4,9H,8H2,1H3. The second-order valence-electron chi connectivity index (χ2n) is 6.52. The maximum absolute atomic E-state index is 12.5. The second kappa shape index (κ2) is 7.87. The highest BCUT2D eigenvalue weighted by atomic mass is 19.4. The number of para-hydroxylation sites is 2. The predicted molar refractivity (Wildman–Crippen MR) is 106 cm³/mol. The summed E-state index contributed by atoms with van der Waals surface area (Å²) in [7, 11) is 0. The van der Waals surface area contributed by atoms with Gasteiger partial charge in [-0.3, -0.25) is 0 Å². The molecule has 0 radical (unpaired) electrons. The summed E-state index contributed by atoms with van der Waals surface area (Å²) in [6.45, 7) is 3.76. The van der Waals surface area contributed by atoms with Crippen LogP contribution in [0.4, 0.5) is 18.9 Å². The van der Waals surface area contributed by atoms with Crippen molar-refractivity contribution in [3.8, 4) is 17.2 Å². The highest BCUT2D eigenvalue weighted by molar-refractivity contribution is 5.79. The fourth-order valence-electron chi connectivity index (χ4n) is 2.68. The first kappa shape index (κ1) is 20.3. The van der Waals surface area contributed by atoms with Gasteiger partial charge in [-0.2, -0.15) is 13.2 Å². The van der Waals surface area contributed by atoms with E-state index in [9.17, 15) is 13.2 Å². The number of hydrogen-bond donors (Lipinski definition) is 2. The van der Waals surface area contributed by atoms with E-state index in [1.165, 1.54) is 12.1 Å². The number of benzene rings is 3. The summed E-state index contributed by atoms with van der Waals surface area (Å²) >= 11 is 0. The van der Waals surface area contributed by atoms with Gasteiger partial charge >= 0.3 is 6.18 Å². The second-order valence-corrected chi connectivity index (χ2v) is 6.52. The van der Waals surface area contributed by atoms with Gasteiger partial charge in [0.05, 0.1) is 11.3 Å². The molecular formula is C22H19F3N2O2. The van der Waals surface area contributed by atoms with Crippen LogP contribution in [0.5, 0.6) is 5.75 Å². The first-order chi connectivity index (χ1) is 13.7. The minimum Gasteiger partial charge on any atom is -0.506 e. The minimum absolute atomic E-state index is 0.162. The number of fused-ring (bicyclic) bond motifs is 1. The molecule has 0 aliphatic rings. The van der Waals surface area contributed by atoms with Gasteiger partial charge in [-0.05, 0) is 61.4 Å². The average molecular weight is 400 g/mol. The predicted octanol–water partition coefficient (Wildman–Crippen LogP) is 6.10. The molecule has 4 nitrogen and oxygen atoms in total. The van der Waals surface area contributed by atoms with Gasteiger partial charge in [0.2, 0.25) is 5.89 Å². The van der Waals surface area contributed by atoms with Gasteiger partial charge in [0.15, 0.2) is 5.58 Å². The molecule has 0 fully saturated rings. The number of nitrogens with zero attached hydrogens (tertiary/aromatic N) is 1. The zero-order valence-corrected chi connectivity index (χ0v) is 15.8. The molecule has 4 aromatic rings. The highest BCUT2D eigenvalue weighted by Crippen LogP contribution is 2.32. The van der Waals surface area contributed by atoms with E-state index in [2.05, 4.69) is 4.98 Å². The van der Waals surface area contributed by atoms with Gasteiger partial charge in [0, 0.05) is 5.56 Å². The lowest BCUT2D eigenvalue weighted by Crippen LogP contribution is -2.03. The summed E-state index contributed by atoms with van der Waals surface area (Å²) in [5, 5.41) is 8.98. The number of oxazole rings is 1. The van der Waals surface area contributed by atoms with Crippen molar-refractivity contribution in [2.45, 2.75) is 20.0 Å². The van der Waals surface area contributed by atoms with Crippen LogP contribution >= 0.6 is 0 Å². The Balaban J connectivity index is 0.000000224. The van der Waals surface area contributed by atoms with E-state index in [1.54, 1.807) is 18.2 Å². The first-order valence-electron chi connectivity index (χ1n) is 8.74. The Labute approximate surface area is 165 Å². The lowest BCUT2D eigenvalue weighted by molar-refractivity contribution is -0.137. The van der Waals surface area contributed by atoms with Crippen LogP contribution in [0, 0.1) is 13.8 Å². The van der Waals surface area contributed by atoms with Crippen molar-refractivity contribution in [2.75, 3.05) is 5.73 Å². The van der Waals surface area contributed by atoms with Crippen LogP contribution in [0.25, 0.3) is 22.6 Å². The fraction of sp³-hybridized carbons (Fsp3) is 0.136. The molecule has 0 bridgehead atoms. The molecule has 3 aromatic carbocycles. The lowest BCUT2D eigenvalue weighted by Gasteiger charge is -2.05. The number of halogens is 3. The Morgan fingerprint density at radius 1 is 0.897 bits per heavy atom. The number of phenolic OH excluding ortho intramolecular Hbond substituents is 1. The number of aromatic hydroxyl groups is 1. The van der Waals surface area contributed by atoms with Crippen molar-refractivity contribution in [3.05, 3.63) is 77.4 Å². The largest absolute Gasteiger partial charge is 0.506 e. The smallest absolute Gasteiger partial charge is 0.416 e. The number of nitrogens with two attached hydrogens (primary N) is 1. The highest BCUT2D eigenvalue weighted by Gasteiger charge is 2.30. The van der Waals surface area contributed by atoms with E-state index in [0.29, 0.717) is 22.7 Å². The Hall–Kier alpha value is -3.48. The third-order valence-electron chi connectivity index (χ3n) is 4.38. The minimum atomic E-state index is -4.34. The van der Waals surface area contributed by atoms with Gasteiger partial charge in [0.25, 0.3) is 0 Å². The van der Waals surface area contributed by atoms with Crippen molar-refractivity contribution < 1.29 is 22.7 Å². The number of phenols is 1. The zero-order chi connectivity index (χ0) is 21.2. The molecule has 4 rings (SSSR count). The van der Waals surface area contributed by atoms with Crippen molar-refractivity contribution in [2.24, 2.45) is 0 Å². The number of aromatic nitrogens is 1. The molecule has 1 heterocycles. The lowest BCUT2D eigenvalue weighted by atomic mass is 10.1. The fourth-order valence-corrected chi connectivity index (χ4v) is 2.68. The molecule has 0 saturated heterocycles. The molecule has 0 unspecified atom stereocenters. The summed E-state index contributed by atoms with van der Waals surface area (Å²) in [5.41, 5.74) is 8.96. The molecule has 3 N–H and O–H groups in total. The van der Waals surface area contributed by atoms with Gasteiger partial charge in [-0.1, -0.05) is 24.3 Å². The maximum atomic E-state index is 12.5. The first-order valence-corrected chi connectivity index (χ1v) is 8.74. The van der Waals surface area contributed by atoms with Crippen LogP contribution in [0.2, 0.25) is 0 Å².